The lowest BCUT2D eigenvalue weighted by Gasteiger charge is -2.11. The molecular formula is C14H16N2O3S. The van der Waals surface area contributed by atoms with Crippen molar-refractivity contribution in [2.24, 2.45) is 5.73 Å². The molecule has 2 aromatic rings. The second-order valence-electron chi connectivity index (χ2n) is 4.27. The first-order chi connectivity index (χ1) is 9.55. The van der Waals surface area contributed by atoms with E-state index in [0.717, 1.165) is 21.5 Å². The van der Waals surface area contributed by atoms with Gasteiger partial charge in [0.1, 0.15) is 5.03 Å². The molecule has 6 heteroatoms. The summed E-state index contributed by atoms with van der Waals surface area (Å²) in [6.07, 6.45) is 0. The molecule has 5 nitrogen and oxygen atoms in total. The molecule has 1 heterocycles. The molecule has 1 aromatic heterocycles. The normalized spacial score (nSPS) is 10.6. The molecule has 0 unspecified atom stereocenters. The monoisotopic (exact) mass is 292 g/mol. The maximum atomic E-state index is 10.9. The third-order valence-corrected chi connectivity index (χ3v) is 3.93. The minimum absolute atomic E-state index is 0.215. The summed E-state index contributed by atoms with van der Waals surface area (Å²) in [5, 5.41) is 1.76. The van der Waals surface area contributed by atoms with E-state index in [0.29, 0.717) is 11.5 Å². The molecule has 0 atom stereocenters. The van der Waals surface area contributed by atoms with Crippen molar-refractivity contribution in [2.45, 2.75) is 11.9 Å². The van der Waals surface area contributed by atoms with Crippen LogP contribution < -0.4 is 15.2 Å². The summed E-state index contributed by atoms with van der Waals surface area (Å²) in [7, 11) is 3.18. The van der Waals surface area contributed by atoms with Gasteiger partial charge in [-0.3, -0.25) is 4.79 Å². The molecule has 0 saturated carbocycles. The Hall–Kier alpha value is -1.95. The molecule has 0 aliphatic rings. The maximum Gasteiger partial charge on any atom is 0.227 e. The van der Waals surface area contributed by atoms with Crippen LogP contribution in [0.2, 0.25) is 0 Å². The van der Waals surface area contributed by atoms with Crippen molar-refractivity contribution in [1.29, 1.82) is 0 Å². The van der Waals surface area contributed by atoms with E-state index in [1.807, 2.05) is 25.1 Å². The molecular weight excluding hydrogens is 276 g/mol. The van der Waals surface area contributed by atoms with Crippen LogP contribution in [0.3, 0.4) is 0 Å². The van der Waals surface area contributed by atoms with E-state index < -0.39 is 0 Å². The van der Waals surface area contributed by atoms with Crippen LogP contribution in [0, 0.1) is 6.92 Å². The third kappa shape index (κ3) is 2.96. The number of hydrogen-bond donors (Lipinski definition) is 1. The first-order valence-corrected chi connectivity index (χ1v) is 6.98. The minimum atomic E-state index is -0.358. The van der Waals surface area contributed by atoms with Crippen molar-refractivity contribution in [3.63, 3.8) is 0 Å². The van der Waals surface area contributed by atoms with Gasteiger partial charge in [-0.05, 0) is 24.6 Å². The second-order valence-corrected chi connectivity index (χ2v) is 5.23. The van der Waals surface area contributed by atoms with Crippen LogP contribution in [0.1, 0.15) is 5.56 Å². The van der Waals surface area contributed by atoms with Crippen molar-refractivity contribution >= 4 is 28.6 Å². The van der Waals surface area contributed by atoms with Crippen LogP contribution in [0.5, 0.6) is 11.5 Å². The summed E-state index contributed by atoms with van der Waals surface area (Å²) in [6, 6.07) is 5.71. The number of ether oxygens (including phenoxy) is 2. The molecule has 1 aromatic carbocycles. The lowest BCUT2D eigenvalue weighted by atomic mass is 10.1. The molecule has 0 bridgehead atoms. The number of rotatable bonds is 5. The van der Waals surface area contributed by atoms with E-state index in [9.17, 15) is 4.79 Å². The van der Waals surface area contributed by atoms with Gasteiger partial charge >= 0.3 is 0 Å². The highest BCUT2D eigenvalue weighted by Gasteiger charge is 2.10. The smallest absolute Gasteiger partial charge is 0.227 e. The van der Waals surface area contributed by atoms with E-state index in [4.69, 9.17) is 15.2 Å². The molecule has 2 rings (SSSR count). The Balaban J connectivity index is 2.49. The number of aromatic nitrogens is 1. The summed E-state index contributed by atoms with van der Waals surface area (Å²) in [5.74, 6) is 1.15. The topological polar surface area (TPSA) is 74.4 Å². The first-order valence-electron chi connectivity index (χ1n) is 5.99. The Morgan fingerprint density at radius 1 is 1.25 bits per heavy atom. The zero-order chi connectivity index (χ0) is 14.7. The van der Waals surface area contributed by atoms with E-state index in [1.165, 1.54) is 11.8 Å². The van der Waals surface area contributed by atoms with Crippen LogP contribution >= 0.6 is 11.8 Å². The summed E-state index contributed by atoms with van der Waals surface area (Å²) < 4.78 is 10.5. The van der Waals surface area contributed by atoms with E-state index in [-0.39, 0.29) is 11.7 Å². The number of hydrogen-bond acceptors (Lipinski definition) is 5. The maximum absolute atomic E-state index is 10.9. The SMILES string of the molecule is COc1cc2cc(C)c(SCC(N)=O)nc2cc1OC. The van der Waals surface area contributed by atoms with Crippen molar-refractivity contribution in [1.82, 2.24) is 4.98 Å². The quantitative estimate of drug-likeness (QED) is 0.855. The average molecular weight is 292 g/mol. The molecule has 0 radical (unpaired) electrons. The number of aryl methyl sites for hydroxylation is 1. The van der Waals surface area contributed by atoms with Gasteiger partial charge < -0.3 is 15.2 Å². The number of carbonyl (C=O) groups excluding carboxylic acids is 1. The molecule has 0 spiro atoms. The van der Waals surface area contributed by atoms with Crippen molar-refractivity contribution in [2.75, 3.05) is 20.0 Å². The fraction of sp³-hybridized carbons (Fsp3) is 0.286. The van der Waals surface area contributed by atoms with Gasteiger partial charge in [0.05, 0.1) is 25.5 Å². The standard InChI is InChI=1S/C14H16N2O3S/c1-8-4-9-5-11(18-2)12(19-3)6-10(9)16-14(8)20-7-13(15)17/h4-6H,7H2,1-3H3,(H2,15,17). The molecule has 106 valence electrons. The summed E-state index contributed by atoms with van der Waals surface area (Å²) in [4.78, 5) is 15.4. The van der Waals surface area contributed by atoms with E-state index >= 15 is 0 Å². The van der Waals surface area contributed by atoms with Crippen LogP contribution in [-0.2, 0) is 4.79 Å². The highest BCUT2D eigenvalue weighted by molar-refractivity contribution is 7.99. The number of amides is 1. The molecule has 1 amide bonds. The van der Waals surface area contributed by atoms with Crippen molar-refractivity contribution in [3.05, 3.63) is 23.8 Å². The highest BCUT2D eigenvalue weighted by atomic mass is 32.2. The fourth-order valence-corrected chi connectivity index (χ4v) is 2.60. The lowest BCUT2D eigenvalue weighted by molar-refractivity contribution is -0.115. The van der Waals surface area contributed by atoms with Gasteiger partial charge in [-0.25, -0.2) is 4.98 Å². The van der Waals surface area contributed by atoms with Crippen LogP contribution in [0.4, 0.5) is 0 Å². The Morgan fingerprint density at radius 3 is 2.50 bits per heavy atom. The Morgan fingerprint density at radius 2 is 1.90 bits per heavy atom. The molecule has 0 aliphatic carbocycles. The van der Waals surface area contributed by atoms with Crippen LogP contribution in [-0.4, -0.2) is 30.9 Å². The first kappa shape index (κ1) is 14.5. The van der Waals surface area contributed by atoms with Crippen molar-refractivity contribution < 1.29 is 14.3 Å². The van der Waals surface area contributed by atoms with E-state index in [1.54, 1.807) is 14.2 Å². The zero-order valence-corrected chi connectivity index (χ0v) is 12.4. The number of fused-ring (bicyclic) bond motifs is 1. The van der Waals surface area contributed by atoms with Gasteiger partial charge in [-0.15, -0.1) is 0 Å². The predicted octanol–water partition coefficient (Wildman–Crippen LogP) is 2.14. The predicted molar refractivity (Wildman–Crippen MR) is 79.5 cm³/mol. The summed E-state index contributed by atoms with van der Waals surface area (Å²) in [5.41, 5.74) is 6.95. The van der Waals surface area contributed by atoms with Gasteiger partial charge in [-0.1, -0.05) is 11.8 Å². The fourth-order valence-electron chi connectivity index (χ4n) is 1.87. The Labute approximate surface area is 121 Å². The third-order valence-electron chi connectivity index (χ3n) is 2.82. The van der Waals surface area contributed by atoms with Crippen LogP contribution in [0.25, 0.3) is 10.9 Å². The number of nitrogens with two attached hydrogens (primary N) is 1. The summed E-state index contributed by atoms with van der Waals surface area (Å²) >= 11 is 1.34. The lowest BCUT2D eigenvalue weighted by Crippen LogP contribution is -2.13. The number of benzene rings is 1. The molecule has 2 N–H and O–H groups in total. The number of thioether (sulfide) groups is 1. The Bertz CT molecular complexity index is 658. The van der Waals surface area contributed by atoms with E-state index in [2.05, 4.69) is 4.98 Å². The Kier molecular flexibility index (Phi) is 4.34. The highest BCUT2D eigenvalue weighted by Crippen LogP contribution is 2.33. The minimum Gasteiger partial charge on any atom is -0.493 e. The summed E-state index contributed by atoms with van der Waals surface area (Å²) in [6.45, 7) is 1.95. The number of pyridine rings is 1. The molecule has 0 fully saturated rings. The van der Waals surface area contributed by atoms with Gasteiger partial charge in [0.2, 0.25) is 5.91 Å². The molecule has 0 aliphatic heterocycles. The zero-order valence-electron chi connectivity index (χ0n) is 11.6. The molecule has 0 saturated heterocycles. The van der Waals surface area contributed by atoms with Gasteiger partial charge in [-0.2, -0.15) is 0 Å². The average Bonchev–Trinajstić information content (AvgIpc) is 2.43. The second kappa shape index (κ2) is 6.00. The number of nitrogens with zero attached hydrogens (tertiary/aromatic N) is 1. The van der Waals surface area contributed by atoms with Crippen molar-refractivity contribution in [3.8, 4) is 11.5 Å². The number of primary amides is 1. The molecule has 20 heavy (non-hydrogen) atoms. The largest absolute Gasteiger partial charge is 0.493 e. The van der Waals surface area contributed by atoms with Gasteiger partial charge in [0.25, 0.3) is 0 Å². The van der Waals surface area contributed by atoms with Crippen LogP contribution in [0.15, 0.2) is 23.2 Å². The number of methoxy groups -OCH3 is 2. The van der Waals surface area contributed by atoms with Gasteiger partial charge in [0, 0.05) is 11.5 Å². The van der Waals surface area contributed by atoms with Gasteiger partial charge in [0.15, 0.2) is 11.5 Å². The number of carbonyl (C=O) groups is 1.